The van der Waals surface area contributed by atoms with Crippen LogP contribution in [-0.2, 0) is 8.85 Å². The third-order valence-corrected chi connectivity index (χ3v) is 16.7. The van der Waals surface area contributed by atoms with Crippen molar-refractivity contribution in [3.63, 3.8) is 0 Å². The Kier molecular flexibility index (Phi) is 9.72. The SMILES string of the molecule is CCCC[Si](C)(C)C(CC)(CC)O[Si](C)(C)C(C)(CC)O[SiH](C)C. The minimum absolute atomic E-state index is 0.0712. The molecule has 0 aliphatic carbocycles. The molecule has 0 aliphatic rings. The maximum absolute atomic E-state index is 7.24. The van der Waals surface area contributed by atoms with E-state index < -0.39 is 25.4 Å². The first-order valence-electron chi connectivity index (χ1n) is 10.2. The summed E-state index contributed by atoms with van der Waals surface area (Å²) in [6.07, 6.45) is 5.96. The summed E-state index contributed by atoms with van der Waals surface area (Å²) in [5, 5.41) is 0.0223. The minimum atomic E-state index is -2.00. The van der Waals surface area contributed by atoms with Crippen LogP contribution < -0.4 is 0 Å². The molecule has 0 spiro atoms. The van der Waals surface area contributed by atoms with Crippen LogP contribution in [0.2, 0.25) is 45.3 Å². The summed E-state index contributed by atoms with van der Waals surface area (Å²) >= 11 is 0. The number of hydrogen-bond donors (Lipinski definition) is 0. The van der Waals surface area contributed by atoms with Crippen molar-refractivity contribution < 1.29 is 8.85 Å². The Bertz CT molecular complexity index is 366. The lowest BCUT2D eigenvalue weighted by Crippen LogP contribution is -2.66. The van der Waals surface area contributed by atoms with Gasteiger partial charge in [0.15, 0.2) is 9.04 Å². The van der Waals surface area contributed by atoms with E-state index >= 15 is 0 Å². The molecule has 0 saturated heterocycles. The molecule has 0 saturated carbocycles. The molecular weight excluding hydrogens is 344 g/mol. The smallest absolute Gasteiger partial charge is 0.216 e. The zero-order chi connectivity index (χ0) is 19.2. The van der Waals surface area contributed by atoms with E-state index in [1.165, 1.54) is 18.9 Å². The van der Waals surface area contributed by atoms with Crippen molar-refractivity contribution in [1.29, 1.82) is 0 Å². The predicted octanol–water partition coefficient (Wildman–Crippen LogP) is 6.52. The van der Waals surface area contributed by atoms with Gasteiger partial charge in [0.25, 0.3) is 0 Å². The van der Waals surface area contributed by atoms with Crippen molar-refractivity contribution in [3.05, 3.63) is 0 Å². The first kappa shape index (κ1) is 24.6. The van der Waals surface area contributed by atoms with Crippen LogP contribution in [0.4, 0.5) is 0 Å². The zero-order valence-corrected chi connectivity index (χ0v) is 21.8. The van der Waals surface area contributed by atoms with Gasteiger partial charge >= 0.3 is 0 Å². The van der Waals surface area contributed by atoms with E-state index in [1.807, 2.05) is 0 Å². The molecular formula is C19H46O2Si3. The fourth-order valence-corrected chi connectivity index (χ4v) is 15.0. The molecule has 0 radical (unpaired) electrons. The largest absolute Gasteiger partial charge is 0.415 e. The molecule has 0 fully saturated rings. The van der Waals surface area contributed by atoms with Gasteiger partial charge in [-0.15, -0.1) is 0 Å². The van der Waals surface area contributed by atoms with Crippen molar-refractivity contribution in [3.8, 4) is 0 Å². The van der Waals surface area contributed by atoms with Crippen molar-refractivity contribution >= 4 is 25.4 Å². The van der Waals surface area contributed by atoms with Crippen molar-refractivity contribution in [2.45, 2.75) is 122 Å². The molecule has 0 aromatic heterocycles. The van der Waals surface area contributed by atoms with Gasteiger partial charge in [-0.05, 0) is 52.4 Å². The molecule has 0 aliphatic heterocycles. The van der Waals surface area contributed by atoms with Gasteiger partial charge in [0.05, 0.1) is 13.3 Å². The molecule has 146 valence electrons. The van der Waals surface area contributed by atoms with Crippen molar-refractivity contribution in [2.24, 2.45) is 0 Å². The highest BCUT2D eigenvalue weighted by atomic mass is 28.4. The van der Waals surface area contributed by atoms with Crippen LogP contribution in [0.15, 0.2) is 0 Å². The lowest BCUT2D eigenvalue weighted by molar-refractivity contribution is 0.0683. The fraction of sp³-hybridized carbons (Fsp3) is 1.00. The van der Waals surface area contributed by atoms with E-state index in [-0.39, 0.29) is 10.4 Å². The minimum Gasteiger partial charge on any atom is -0.415 e. The first-order valence-corrected chi connectivity index (χ1v) is 19.1. The third kappa shape index (κ3) is 5.53. The lowest BCUT2D eigenvalue weighted by atomic mass is 10.2. The van der Waals surface area contributed by atoms with Crippen LogP contribution in [0.5, 0.6) is 0 Å². The van der Waals surface area contributed by atoms with Gasteiger partial charge in [-0.25, -0.2) is 0 Å². The third-order valence-electron chi connectivity index (χ3n) is 6.43. The fourth-order valence-electron chi connectivity index (χ4n) is 4.10. The van der Waals surface area contributed by atoms with Crippen LogP contribution >= 0.6 is 0 Å². The second-order valence-electron chi connectivity index (χ2n) is 9.05. The second kappa shape index (κ2) is 9.49. The summed E-state index contributed by atoms with van der Waals surface area (Å²) in [5.74, 6) is 0. The van der Waals surface area contributed by atoms with E-state index in [4.69, 9.17) is 8.85 Å². The Hall–Kier alpha value is 0.571. The molecule has 0 N–H and O–H groups in total. The van der Waals surface area contributed by atoms with Crippen molar-refractivity contribution in [1.82, 2.24) is 0 Å². The summed E-state index contributed by atoms with van der Waals surface area (Å²) in [6, 6.07) is 1.37. The molecule has 0 aromatic carbocycles. The predicted molar refractivity (Wildman–Crippen MR) is 118 cm³/mol. The van der Waals surface area contributed by atoms with Crippen molar-refractivity contribution in [2.75, 3.05) is 0 Å². The highest BCUT2D eigenvalue weighted by Gasteiger charge is 2.53. The molecule has 1 atom stereocenters. The first-order chi connectivity index (χ1) is 10.9. The molecule has 0 rings (SSSR count). The van der Waals surface area contributed by atoms with E-state index in [0.717, 1.165) is 19.3 Å². The highest BCUT2D eigenvalue weighted by Crippen LogP contribution is 2.42. The van der Waals surface area contributed by atoms with Gasteiger partial charge in [-0.2, -0.15) is 0 Å². The molecule has 2 nitrogen and oxygen atoms in total. The molecule has 5 heteroatoms. The monoisotopic (exact) mass is 390 g/mol. The Labute approximate surface area is 157 Å². The number of rotatable bonds is 12. The Morgan fingerprint density at radius 2 is 1.38 bits per heavy atom. The molecule has 0 bridgehead atoms. The van der Waals surface area contributed by atoms with E-state index in [2.05, 4.69) is 73.9 Å². The van der Waals surface area contributed by atoms with Gasteiger partial charge in [0.2, 0.25) is 8.32 Å². The van der Waals surface area contributed by atoms with Crippen LogP contribution in [0, 0.1) is 0 Å². The summed E-state index contributed by atoms with van der Waals surface area (Å²) < 4.78 is 13.8. The topological polar surface area (TPSA) is 18.5 Å². The molecule has 0 amide bonds. The highest BCUT2D eigenvalue weighted by molar-refractivity contribution is 6.82. The maximum Gasteiger partial charge on any atom is 0.216 e. The standard InChI is InChI=1S/C19H46O2Si3/c1-12-16-17-23(8,9)19(14-3,15-4)21-24(10,11)18(5,13-2)20-22(6)7/h22H,12-17H2,1-11H3. The van der Waals surface area contributed by atoms with Gasteiger partial charge in [0.1, 0.15) is 0 Å². The number of hydrogen-bond acceptors (Lipinski definition) is 2. The van der Waals surface area contributed by atoms with Gasteiger partial charge in [-0.3, -0.25) is 0 Å². The van der Waals surface area contributed by atoms with Crippen LogP contribution in [0.25, 0.3) is 0 Å². The molecule has 24 heavy (non-hydrogen) atoms. The average molecular weight is 391 g/mol. The Balaban J connectivity index is 5.70. The van der Waals surface area contributed by atoms with Crippen LogP contribution in [0.1, 0.15) is 66.7 Å². The Morgan fingerprint density at radius 3 is 1.71 bits per heavy atom. The summed E-state index contributed by atoms with van der Waals surface area (Å²) in [7, 11) is -4.57. The van der Waals surface area contributed by atoms with Gasteiger partial charge < -0.3 is 8.85 Å². The van der Waals surface area contributed by atoms with E-state index in [9.17, 15) is 0 Å². The summed E-state index contributed by atoms with van der Waals surface area (Å²) in [6.45, 7) is 26.1. The van der Waals surface area contributed by atoms with Gasteiger partial charge in [0, 0.05) is 5.22 Å². The lowest BCUT2D eigenvalue weighted by Gasteiger charge is -2.53. The summed E-state index contributed by atoms with van der Waals surface area (Å²) in [4.78, 5) is 0. The van der Waals surface area contributed by atoms with Crippen LogP contribution in [-0.4, -0.2) is 35.9 Å². The Morgan fingerprint density at radius 1 is 0.875 bits per heavy atom. The van der Waals surface area contributed by atoms with E-state index in [1.54, 1.807) is 0 Å². The molecule has 1 unspecified atom stereocenters. The quantitative estimate of drug-likeness (QED) is 0.353. The van der Waals surface area contributed by atoms with E-state index in [0.29, 0.717) is 0 Å². The maximum atomic E-state index is 7.24. The normalized spacial score (nSPS) is 16.5. The van der Waals surface area contributed by atoms with Gasteiger partial charge in [-0.1, -0.05) is 59.7 Å². The molecule has 0 aromatic rings. The molecule has 0 heterocycles. The second-order valence-corrected chi connectivity index (χ2v) is 20.8. The summed E-state index contributed by atoms with van der Waals surface area (Å²) in [5.41, 5.74) is 0. The average Bonchev–Trinajstić information content (AvgIpc) is 2.49. The van der Waals surface area contributed by atoms with Crippen LogP contribution in [0.3, 0.4) is 0 Å². The number of unbranched alkanes of at least 4 members (excludes halogenated alkanes) is 1. The zero-order valence-electron chi connectivity index (χ0n) is 18.6.